The highest BCUT2D eigenvalue weighted by molar-refractivity contribution is 14.0. The second-order valence-corrected chi connectivity index (χ2v) is 7.44. The first-order valence-electron chi connectivity index (χ1n) is 9.48. The lowest BCUT2D eigenvalue weighted by Gasteiger charge is -2.18. The molecule has 0 saturated heterocycles. The van der Waals surface area contributed by atoms with Crippen molar-refractivity contribution in [2.24, 2.45) is 18.0 Å². The molecule has 0 bridgehead atoms. The molecule has 0 aliphatic carbocycles. The van der Waals surface area contributed by atoms with Gasteiger partial charge in [0.2, 0.25) is 0 Å². The first kappa shape index (κ1) is 25.5. The van der Waals surface area contributed by atoms with Crippen molar-refractivity contribution in [1.82, 2.24) is 25.4 Å². The number of aliphatic imine (C=N–C) groups is 1. The van der Waals surface area contributed by atoms with Crippen LogP contribution in [0.15, 0.2) is 4.99 Å². The number of nitrogens with zero attached hydrogens (tertiary/aromatic N) is 4. The summed E-state index contributed by atoms with van der Waals surface area (Å²) in [5.74, 6) is 4.56. The van der Waals surface area contributed by atoms with Crippen molar-refractivity contribution in [2.45, 2.75) is 59.4 Å². The maximum atomic E-state index is 4.72. The minimum absolute atomic E-state index is 0. The molecule has 0 aromatic carbocycles. The van der Waals surface area contributed by atoms with Crippen LogP contribution in [0.2, 0.25) is 0 Å². The Balaban J connectivity index is 0.00000625. The molecule has 0 aliphatic heterocycles. The molecule has 0 radical (unpaired) electrons. The third-order valence-electron chi connectivity index (χ3n) is 4.48. The highest BCUT2D eigenvalue weighted by Crippen LogP contribution is 2.11. The van der Waals surface area contributed by atoms with Crippen LogP contribution in [-0.2, 0) is 13.6 Å². The molecule has 1 atom stereocenters. The number of hydrogen-bond donors (Lipinski definition) is 2. The predicted molar refractivity (Wildman–Crippen MR) is 125 cm³/mol. The van der Waals surface area contributed by atoms with Gasteiger partial charge >= 0.3 is 0 Å². The summed E-state index contributed by atoms with van der Waals surface area (Å²) in [6, 6.07) is 0. The molecule has 152 valence electrons. The van der Waals surface area contributed by atoms with Gasteiger partial charge in [0.15, 0.2) is 11.8 Å². The number of thioether (sulfide) groups is 1. The molecule has 0 saturated carbocycles. The van der Waals surface area contributed by atoms with E-state index in [-0.39, 0.29) is 24.0 Å². The fraction of sp³-hybridized carbons (Fsp3) is 0.833. The lowest BCUT2D eigenvalue weighted by atomic mass is 9.99. The summed E-state index contributed by atoms with van der Waals surface area (Å²) < 4.78 is 1.99. The molecule has 1 rings (SSSR count). The summed E-state index contributed by atoms with van der Waals surface area (Å²) in [6.07, 6.45) is 8.32. The van der Waals surface area contributed by atoms with Gasteiger partial charge in [-0.15, -0.1) is 34.2 Å². The molecule has 1 unspecified atom stereocenters. The summed E-state index contributed by atoms with van der Waals surface area (Å²) in [6.45, 7) is 8.94. The van der Waals surface area contributed by atoms with Crippen molar-refractivity contribution >= 4 is 41.7 Å². The predicted octanol–water partition coefficient (Wildman–Crippen LogP) is 3.75. The Labute approximate surface area is 180 Å². The monoisotopic (exact) mass is 496 g/mol. The first-order valence-corrected chi connectivity index (χ1v) is 10.9. The van der Waals surface area contributed by atoms with Crippen LogP contribution in [-0.4, -0.2) is 45.8 Å². The zero-order chi connectivity index (χ0) is 18.5. The quantitative estimate of drug-likeness (QED) is 0.200. The van der Waals surface area contributed by atoms with Crippen molar-refractivity contribution in [1.29, 1.82) is 0 Å². The van der Waals surface area contributed by atoms with E-state index in [1.54, 1.807) is 0 Å². The zero-order valence-corrected chi connectivity index (χ0v) is 20.2. The fourth-order valence-electron chi connectivity index (χ4n) is 2.52. The van der Waals surface area contributed by atoms with Gasteiger partial charge in [-0.25, -0.2) is 4.99 Å². The lowest BCUT2D eigenvalue weighted by Crippen LogP contribution is -2.40. The van der Waals surface area contributed by atoms with Gasteiger partial charge in [0.1, 0.15) is 12.4 Å². The highest BCUT2D eigenvalue weighted by Gasteiger charge is 2.08. The Bertz CT molecular complexity index is 506. The molecule has 8 heteroatoms. The van der Waals surface area contributed by atoms with Crippen LogP contribution < -0.4 is 10.6 Å². The average Bonchev–Trinajstić information content (AvgIpc) is 2.94. The van der Waals surface area contributed by atoms with Gasteiger partial charge in [0.05, 0.1) is 0 Å². The van der Waals surface area contributed by atoms with Crippen molar-refractivity contribution in [3.8, 4) is 0 Å². The summed E-state index contributed by atoms with van der Waals surface area (Å²) in [5, 5.41) is 15.3. The topological polar surface area (TPSA) is 67.1 Å². The summed E-state index contributed by atoms with van der Waals surface area (Å²) in [4.78, 5) is 4.72. The molecule has 0 amide bonds. The molecule has 6 nitrogen and oxygen atoms in total. The van der Waals surface area contributed by atoms with Crippen molar-refractivity contribution in [3.05, 3.63) is 11.6 Å². The first-order chi connectivity index (χ1) is 12.1. The van der Waals surface area contributed by atoms with Gasteiger partial charge < -0.3 is 15.2 Å². The van der Waals surface area contributed by atoms with Crippen LogP contribution in [0.1, 0.15) is 57.6 Å². The van der Waals surface area contributed by atoms with Gasteiger partial charge in [-0.1, -0.05) is 33.1 Å². The number of rotatable bonds is 12. The molecule has 26 heavy (non-hydrogen) atoms. The number of aromatic nitrogens is 3. The van der Waals surface area contributed by atoms with Crippen molar-refractivity contribution in [2.75, 3.05) is 25.1 Å². The minimum Gasteiger partial charge on any atom is -0.356 e. The molecule has 0 aliphatic rings. The Hall–Kier alpha value is -0.510. The van der Waals surface area contributed by atoms with Crippen molar-refractivity contribution < 1.29 is 0 Å². The molecule has 0 spiro atoms. The van der Waals surface area contributed by atoms with Crippen LogP contribution in [0.25, 0.3) is 0 Å². The Morgan fingerprint density at radius 3 is 2.58 bits per heavy atom. The maximum absolute atomic E-state index is 4.72. The molecule has 1 aromatic heterocycles. The van der Waals surface area contributed by atoms with Gasteiger partial charge in [-0.05, 0) is 37.7 Å². The van der Waals surface area contributed by atoms with Crippen molar-refractivity contribution in [3.63, 3.8) is 0 Å². The Morgan fingerprint density at radius 2 is 2.00 bits per heavy atom. The molecule has 1 heterocycles. The average molecular weight is 497 g/mol. The second-order valence-electron chi connectivity index (χ2n) is 6.46. The van der Waals surface area contributed by atoms with E-state index in [1.165, 1.54) is 25.7 Å². The molecule has 1 aromatic rings. The number of hydrogen-bond acceptors (Lipinski definition) is 4. The van der Waals surface area contributed by atoms with E-state index >= 15 is 0 Å². The number of halogens is 1. The van der Waals surface area contributed by atoms with Crippen LogP contribution in [0.4, 0.5) is 0 Å². The molecular weight excluding hydrogens is 459 g/mol. The number of aryl methyl sites for hydroxylation is 1. The van der Waals surface area contributed by atoms with E-state index in [0.29, 0.717) is 12.5 Å². The smallest absolute Gasteiger partial charge is 0.191 e. The molecule has 2 N–H and O–H groups in total. The SMILES string of the molecule is CCCCC(CC)CNC(=NCc1nnc(C)n1C)NCCCSC.I. The number of unbranched alkanes of at least 4 members (excludes halogenated alkanes) is 1. The van der Waals surface area contributed by atoms with E-state index in [4.69, 9.17) is 4.99 Å². The van der Waals surface area contributed by atoms with Crippen LogP contribution in [0, 0.1) is 12.8 Å². The Morgan fingerprint density at radius 1 is 1.23 bits per heavy atom. The third kappa shape index (κ3) is 9.99. The number of guanidine groups is 1. The summed E-state index contributed by atoms with van der Waals surface area (Å²) in [5.41, 5.74) is 0. The molecule has 0 fully saturated rings. The van der Waals surface area contributed by atoms with Gasteiger partial charge in [0.25, 0.3) is 0 Å². The standard InChI is InChI=1S/C18H36N6S.HI/c1-6-8-10-16(7-2)13-20-18(19-11-9-12-25-5)21-14-17-23-22-15(3)24(17)4;/h16H,6-14H2,1-5H3,(H2,19,20,21);1H. The molecular formula is C18H37IN6S. The second kappa shape index (κ2) is 15.5. The maximum Gasteiger partial charge on any atom is 0.191 e. The third-order valence-corrected chi connectivity index (χ3v) is 5.18. The minimum atomic E-state index is 0. The summed E-state index contributed by atoms with van der Waals surface area (Å²) in [7, 11) is 1.98. The van der Waals surface area contributed by atoms with Gasteiger partial charge in [-0.3, -0.25) is 0 Å². The van der Waals surface area contributed by atoms with E-state index in [0.717, 1.165) is 42.9 Å². The van der Waals surface area contributed by atoms with Crippen LogP contribution in [0.5, 0.6) is 0 Å². The number of nitrogens with one attached hydrogen (secondary N) is 2. The largest absolute Gasteiger partial charge is 0.356 e. The highest BCUT2D eigenvalue weighted by atomic mass is 127. The normalized spacial score (nSPS) is 12.6. The van der Waals surface area contributed by atoms with E-state index in [1.807, 2.05) is 30.3 Å². The van der Waals surface area contributed by atoms with Crippen LogP contribution >= 0.6 is 35.7 Å². The summed E-state index contributed by atoms with van der Waals surface area (Å²) >= 11 is 1.88. The lowest BCUT2D eigenvalue weighted by molar-refractivity contribution is 0.443. The van der Waals surface area contributed by atoms with E-state index in [9.17, 15) is 0 Å². The van der Waals surface area contributed by atoms with E-state index < -0.39 is 0 Å². The fourth-order valence-corrected chi connectivity index (χ4v) is 2.95. The van der Waals surface area contributed by atoms with Crippen LogP contribution in [0.3, 0.4) is 0 Å². The van der Waals surface area contributed by atoms with Gasteiger partial charge in [0, 0.05) is 20.1 Å². The zero-order valence-electron chi connectivity index (χ0n) is 17.0. The Kier molecular flexibility index (Phi) is 15.2. The van der Waals surface area contributed by atoms with Gasteiger partial charge in [-0.2, -0.15) is 11.8 Å². The van der Waals surface area contributed by atoms with E-state index in [2.05, 4.69) is 40.9 Å².